The van der Waals surface area contributed by atoms with Crippen molar-refractivity contribution in [1.29, 1.82) is 0 Å². The van der Waals surface area contributed by atoms with Crippen LogP contribution < -0.4 is 10.6 Å². The molecule has 0 saturated carbocycles. The molecule has 0 bridgehead atoms. The molecule has 2 rings (SSSR count). The molecular formula is C17H34N4O. The van der Waals surface area contributed by atoms with Crippen molar-refractivity contribution >= 4 is 5.96 Å². The fraction of sp³-hybridized carbons (Fsp3) is 0.941. The maximum Gasteiger partial charge on any atom is 0.191 e. The van der Waals surface area contributed by atoms with E-state index in [-0.39, 0.29) is 0 Å². The Hall–Kier alpha value is -0.810. The smallest absolute Gasteiger partial charge is 0.191 e. The van der Waals surface area contributed by atoms with Gasteiger partial charge in [-0.25, -0.2) is 0 Å². The van der Waals surface area contributed by atoms with E-state index in [0.717, 1.165) is 38.6 Å². The second-order valence-corrected chi connectivity index (χ2v) is 6.79. The molecule has 0 aliphatic carbocycles. The predicted molar refractivity (Wildman–Crippen MR) is 92.4 cm³/mol. The monoisotopic (exact) mass is 310 g/mol. The number of nitrogens with one attached hydrogen (secondary N) is 2. The molecule has 0 aromatic carbocycles. The summed E-state index contributed by atoms with van der Waals surface area (Å²) in [6.45, 7) is 12.7. The summed E-state index contributed by atoms with van der Waals surface area (Å²) < 4.78 is 5.67. The Morgan fingerprint density at radius 2 is 2.00 bits per heavy atom. The molecule has 2 unspecified atom stereocenters. The first-order valence-electron chi connectivity index (χ1n) is 9.08. The van der Waals surface area contributed by atoms with Gasteiger partial charge in [0, 0.05) is 25.7 Å². The van der Waals surface area contributed by atoms with Crippen LogP contribution in [0.3, 0.4) is 0 Å². The zero-order valence-corrected chi connectivity index (χ0v) is 14.6. The second-order valence-electron chi connectivity index (χ2n) is 6.79. The maximum atomic E-state index is 5.67. The fourth-order valence-electron chi connectivity index (χ4n) is 3.36. The summed E-state index contributed by atoms with van der Waals surface area (Å²) in [5.41, 5.74) is 0. The summed E-state index contributed by atoms with van der Waals surface area (Å²) in [4.78, 5) is 7.45. The van der Waals surface area contributed by atoms with Crippen molar-refractivity contribution in [3.05, 3.63) is 0 Å². The summed E-state index contributed by atoms with van der Waals surface area (Å²) in [6, 6.07) is 0.556. The van der Waals surface area contributed by atoms with E-state index >= 15 is 0 Å². The van der Waals surface area contributed by atoms with Gasteiger partial charge in [-0.3, -0.25) is 9.89 Å². The van der Waals surface area contributed by atoms with Crippen LogP contribution in [0.15, 0.2) is 4.99 Å². The first kappa shape index (κ1) is 17.5. The van der Waals surface area contributed by atoms with Crippen molar-refractivity contribution in [3.63, 3.8) is 0 Å². The molecule has 2 N–H and O–H groups in total. The molecule has 0 amide bonds. The molecule has 128 valence electrons. The van der Waals surface area contributed by atoms with Crippen molar-refractivity contribution in [2.24, 2.45) is 10.9 Å². The van der Waals surface area contributed by atoms with Crippen LogP contribution in [0.2, 0.25) is 0 Å². The summed E-state index contributed by atoms with van der Waals surface area (Å²) >= 11 is 0. The van der Waals surface area contributed by atoms with E-state index in [1.54, 1.807) is 0 Å². The van der Waals surface area contributed by atoms with Crippen molar-refractivity contribution in [2.75, 3.05) is 39.3 Å². The third kappa shape index (κ3) is 5.43. The fourth-order valence-corrected chi connectivity index (χ4v) is 3.36. The first-order valence-corrected chi connectivity index (χ1v) is 9.08. The number of hydrogen-bond donors (Lipinski definition) is 2. The Morgan fingerprint density at radius 3 is 2.59 bits per heavy atom. The number of aliphatic imine (C=N–C) groups is 1. The van der Waals surface area contributed by atoms with Gasteiger partial charge >= 0.3 is 0 Å². The van der Waals surface area contributed by atoms with Crippen molar-refractivity contribution < 1.29 is 4.74 Å². The molecule has 22 heavy (non-hydrogen) atoms. The van der Waals surface area contributed by atoms with E-state index in [9.17, 15) is 0 Å². The van der Waals surface area contributed by atoms with Crippen molar-refractivity contribution in [2.45, 2.75) is 58.6 Å². The van der Waals surface area contributed by atoms with Crippen LogP contribution in [0, 0.1) is 5.92 Å². The lowest BCUT2D eigenvalue weighted by atomic mass is 10.0. The SMILES string of the molecule is CCNC(=NCC(C(C)C)N1CCCC1)NCC1CCCO1. The molecule has 5 heteroatoms. The van der Waals surface area contributed by atoms with Crippen LogP contribution >= 0.6 is 0 Å². The number of guanidine groups is 1. The van der Waals surface area contributed by atoms with Gasteiger partial charge in [-0.2, -0.15) is 0 Å². The van der Waals surface area contributed by atoms with Crippen LogP contribution in [0.5, 0.6) is 0 Å². The second kappa shape index (κ2) is 9.36. The predicted octanol–water partition coefficient (Wildman–Crippen LogP) is 1.84. The van der Waals surface area contributed by atoms with Crippen LogP contribution in [0.4, 0.5) is 0 Å². The highest BCUT2D eigenvalue weighted by molar-refractivity contribution is 5.79. The van der Waals surface area contributed by atoms with E-state index in [1.807, 2.05) is 0 Å². The molecular weight excluding hydrogens is 276 g/mol. The van der Waals surface area contributed by atoms with Gasteiger partial charge in [0.1, 0.15) is 0 Å². The van der Waals surface area contributed by atoms with Gasteiger partial charge in [0.15, 0.2) is 5.96 Å². The molecule has 2 heterocycles. The minimum Gasteiger partial charge on any atom is -0.376 e. The highest BCUT2D eigenvalue weighted by Crippen LogP contribution is 2.18. The molecule has 0 radical (unpaired) electrons. The summed E-state index contributed by atoms with van der Waals surface area (Å²) in [6.07, 6.45) is 5.37. The Balaban J connectivity index is 1.85. The third-order valence-corrected chi connectivity index (χ3v) is 4.68. The number of hydrogen-bond acceptors (Lipinski definition) is 3. The van der Waals surface area contributed by atoms with E-state index < -0.39 is 0 Å². The number of likely N-dealkylation sites (tertiary alicyclic amines) is 1. The van der Waals surface area contributed by atoms with Crippen LogP contribution in [0.25, 0.3) is 0 Å². The maximum absolute atomic E-state index is 5.67. The zero-order valence-electron chi connectivity index (χ0n) is 14.6. The Labute approximate surface area is 135 Å². The van der Waals surface area contributed by atoms with Gasteiger partial charge in [-0.1, -0.05) is 13.8 Å². The largest absolute Gasteiger partial charge is 0.376 e. The number of nitrogens with zero attached hydrogens (tertiary/aromatic N) is 2. The lowest BCUT2D eigenvalue weighted by Gasteiger charge is -2.29. The van der Waals surface area contributed by atoms with Crippen molar-refractivity contribution in [3.8, 4) is 0 Å². The highest BCUT2D eigenvalue weighted by atomic mass is 16.5. The van der Waals surface area contributed by atoms with Gasteiger partial charge in [0.2, 0.25) is 0 Å². The molecule has 0 aromatic rings. The Morgan fingerprint density at radius 1 is 1.23 bits per heavy atom. The molecule has 2 fully saturated rings. The third-order valence-electron chi connectivity index (χ3n) is 4.68. The molecule has 0 spiro atoms. The van der Waals surface area contributed by atoms with Gasteiger partial charge < -0.3 is 15.4 Å². The van der Waals surface area contributed by atoms with Crippen LogP contribution in [-0.4, -0.2) is 62.3 Å². The zero-order chi connectivity index (χ0) is 15.8. The van der Waals surface area contributed by atoms with Gasteiger partial charge in [0.05, 0.1) is 12.6 Å². The Kier molecular flexibility index (Phi) is 7.46. The average Bonchev–Trinajstić information content (AvgIpc) is 3.18. The topological polar surface area (TPSA) is 48.9 Å². The van der Waals surface area contributed by atoms with Crippen LogP contribution in [-0.2, 0) is 4.74 Å². The van der Waals surface area contributed by atoms with E-state index in [4.69, 9.17) is 9.73 Å². The molecule has 2 aliphatic rings. The molecule has 2 saturated heterocycles. The lowest BCUT2D eigenvalue weighted by molar-refractivity contribution is 0.113. The quantitative estimate of drug-likeness (QED) is 0.556. The first-order chi connectivity index (χ1) is 10.7. The molecule has 2 aliphatic heterocycles. The molecule has 2 atom stereocenters. The Bertz CT molecular complexity index is 334. The van der Waals surface area contributed by atoms with Crippen molar-refractivity contribution in [1.82, 2.24) is 15.5 Å². The summed E-state index contributed by atoms with van der Waals surface area (Å²) in [5, 5.41) is 6.80. The van der Waals surface area contributed by atoms with E-state index in [1.165, 1.54) is 32.4 Å². The summed E-state index contributed by atoms with van der Waals surface area (Å²) in [5.74, 6) is 1.57. The molecule has 0 aromatic heterocycles. The summed E-state index contributed by atoms with van der Waals surface area (Å²) in [7, 11) is 0. The minimum atomic E-state index is 0.350. The van der Waals surface area contributed by atoms with Crippen LogP contribution in [0.1, 0.15) is 46.5 Å². The van der Waals surface area contributed by atoms with Gasteiger partial charge in [-0.15, -0.1) is 0 Å². The van der Waals surface area contributed by atoms with Gasteiger partial charge in [-0.05, 0) is 51.6 Å². The van der Waals surface area contributed by atoms with Gasteiger partial charge in [0.25, 0.3) is 0 Å². The standard InChI is InChI=1S/C17H34N4O/c1-4-18-17(19-12-15-8-7-11-22-15)20-13-16(14(2)3)21-9-5-6-10-21/h14-16H,4-13H2,1-3H3,(H2,18,19,20). The number of rotatable bonds is 7. The average molecular weight is 310 g/mol. The normalized spacial score (nSPS) is 24.9. The van der Waals surface area contributed by atoms with E-state index in [0.29, 0.717) is 18.1 Å². The minimum absolute atomic E-state index is 0.350. The number of ether oxygens (including phenoxy) is 1. The highest BCUT2D eigenvalue weighted by Gasteiger charge is 2.24. The molecule has 5 nitrogen and oxygen atoms in total. The lowest BCUT2D eigenvalue weighted by Crippen LogP contribution is -2.43. The van der Waals surface area contributed by atoms with E-state index in [2.05, 4.69) is 36.3 Å².